The fourth-order valence-corrected chi connectivity index (χ4v) is 2.40. The molecule has 1 aliphatic carbocycles. The molecule has 5 heteroatoms. The van der Waals surface area contributed by atoms with Gasteiger partial charge in [0.15, 0.2) is 6.61 Å². The fourth-order valence-electron chi connectivity index (χ4n) is 2.22. The second-order valence-electron chi connectivity index (χ2n) is 5.06. The Morgan fingerprint density at radius 3 is 2.80 bits per heavy atom. The third-order valence-electron chi connectivity index (χ3n) is 3.42. The van der Waals surface area contributed by atoms with Gasteiger partial charge in [0.05, 0.1) is 6.10 Å². The van der Waals surface area contributed by atoms with Crippen molar-refractivity contribution in [1.29, 1.82) is 0 Å². The van der Waals surface area contributed by atoms with Crippen LogP contribution in [-0.2, 0) is 4.79 Å². The van der Waals surface area contributed by atoms with E-state index in [0.29, 0.717) is 28.9 Å². The minimum Gasteiger partial charge on any atom is -0.483 e. The molecule has 0 radical (unpaired) electrons. The van der Waals surface area contributed by atoms with Crippen LogP contribution in [0.3, 0.4) is 0 Å². The van der Waals surface area contributed by atoms with Gasteiger partial charge in [0, 0.05) is 23.2 Å². The van der Waals surface area contributed by atoms with Gasteiger partial charge in [-0.1, -0.05) is 11.6 Å². The largest absolute Gasteiger partial charge is 0.483 e. The van der Waals surface area contributed by atoms with E-state index in [0.717, 1.165) is 12.8 Å². The molecule has 0 aromatic heterocycles. The van der Waals surface area contributed by atoms with Gasteiger partial charge in [-0.3, -0.25) is 4.79 Å². The molecule has 1 aromatic carbocycles. The molecular weight excluding hydrogens is 278 g/mol. The van der Waals surface area contributed by atoms with Crippen molar-refractivity contribution in [1.82, 2.24) is 4.90 Å². The third-order valence-corrected chi connectivity index (χ3v) is 3.66. The Morgan fingerprint density at radius 1 is 1.55 bits per heavy atom. The summed E-state index contributed by atoms with van der Waals surface area (Å²) >= 11 is 5.90. The molecule has 1 amide bonds. The van der Waals surface area contributed by atoms with Gasteiger partial charge in [-0.05, 0) is 44.9 Å². The summed E-state index contributed by atoms with van der Waals surface area (Å²) in [7, 11) is 0. The second kappa shape index (κ2) is 6.46. The lowest BCUT2D eigenvalue weighted by molar-refractivity contribution is -0.133. The molecule has 0 aliphatic heterocycles. The number of rotatable bonds is 6. The van der Waals surface area contributed by atoms with Gasteiger partial charge in [-0.2, -0.15) is 0 Å². The van der Waals surface area contributed by atoms with Crippen LogP contribution >= 0.6 is 11.6 Å². The Balaban J connectivity index is 2.01. The highest BCUT2D eigenvalue weighted by atomic mass is 35.5. The third kappa shape index (κ3) is 3.64. The summed E-state index contributed by atoms with van der Waals surface area (Å²) in [4.78, 5) is 13.9. The molecule has 0 bridgehead atoms. The summed E-state index contributed by atoms with van der Waals surface area (Å²) in [5.74, 6) is 0.492. The Labute approximate surface area is 124 Å². The van der Waals surface area contributed by atoms with Gasteiger partial charge in [0.1, 0.15) is 5.75 Å². The number of carbonyl (C=O) groups excluding carboxylic acids is 1. The van der Waals surface area contributed by atoms with E-state index in [1.807, 2.05) is 11.8 Å². The second-order valence-corrected chi connectivity index (χ2v) is 5.49. The maximum Gasteiger partial charge on any atom is 0.260 e. The topological polar surface area (TPSA) is 49.8 Å². The predicted molar refractivity (Wildman–Crippen MR) is 78.0 cm³/mol. The number of benzene rings is 1. The minimum absolute atomic E-state index is 0.00824. The first-order chi connectivity index (χ1) is 9.52. The van der Waals surface area contributed by atoms with Crippen molar-refractivity contribution in [2.45, 2.75) is 38.8 Å². The summed E-state index contributed by atoms with van der Waals surface area (Å²) in [5, 5.41) is 10.2. The number of hydrogen-bond acceptors (Lipinski definition) is 3. The lowest BCUT2D eigenvalue weighted by atomic mass is 10.1. The molecule has 2 rings (SSSR count). The molecule has 110 valence electrons. The lowest BCUT2D eigenvalue weighted by Gasteiger charge is -2.21. The minimum atomic E-state index is -0.690. The van der Waals surface area contributed by atoms with Crippen molar-refractivity contribution in [3.63, 3.8) is 0 Å². The average molecular weight is 298 g/mol. The first-order valence-electron chi connectivity index (χ1n) is 6.92. The van der Waals surface area contributed by atoms with E-state index in [9.17, 15) is 9.90 Å². The number of hydrogen-bond donors (Lipinski definition) is 1. The van der Waals surface area contributed by atoms with E-state index in [1.165, 1.54) is 0 Å². The Bertz CT molecular complexity index is 486. The monoisotopic (exact) mass is 297 g/mol. The Hall–Kier alpha value is -1.26. The SMILES string of the molecule is CCN(C(=O)COc1ccc(Cl)cc1[C@H](C)O)C1CC1. The van der Waals surface area contributed by atoms with Gasteiger partial charge < -0.3 is 14.7 Å². The van der Waals surface area contributed by atoms with E-state index in [1.54, 1.807) is 25.1 Å². The van der Waals surface area contributed by atoms with Gasteiger partial charge >= 0.3 is 0 Å². The number of aliphatic hydroxyl groups is 1. The summed E-state index contributed by atoms with van der Waals surface area (Å²) in [6.07, 6.45) is 1.48. The molecule has 0 saturated heterocycles. The van der Waals surface area contributed by atoms with Crippen LogP contribution in [0, 0.1) is 0 Å². The molecule has 1 aliphatic rings. The summed E-state index contributed by atoms with van der Waals surface area (Å²) in [6, 6.07) is 5.42. The van der Waals surface area contributed by atoms with Crippen molar-refractivity contribution in [3.8, 4) is 5.75 Å². The van der Waals surface area contributed by atoms with Crippen LogP contribution < -0.4 is 4.74 Å². The molecule has 1 fully saturated rings. The molecule has 1 atom stereocenters. The summed E-state index contributed by atoms with van der Waals surface area (Å²) in [6.45, 7) is 4.31. The number of amides is 1. The maximum atomic E-state index is 12.1. The average Bonchev–Trinajstić information content (AvgIpc) is 3.22. The van der Waals surface area contributed by atoms with Crippen LogP contribution in [-0.4, -0.2) is 35.1 Å². The van der Waals surface area contributed by atoms with E-state index in [4.69, 9.17) is 16.3 Å². The van der Waals surface area contributed by atoms with Crippen LogP contribution in [0.5, 0.6) is 5.75 Å². The number of ether oxygens (including phenoxy) is 1. The number of halogens is 1. The lowest BCUT2D eigenvalue weighted by Crippen LogP contribution is -2.36. The van der Waals surface area contributed by atoms with Gasteiger partial charge in [0.2, 0.25) is 0 Å². The Kier molecular flexibility index (Phi) is 4.89. The van der Waals surface area contributed by atoms with Crippen molar-refractivity contribution < 1.29 is 14.6 Å². The van der Waals surface area contributed by atoms with Crippen molar-refractivity contribution in [2.75, 3.05) is 13.2 Å². The molecule has 1 aromatic rings. The molecule has 0 heterocycles. The number of nitrogens with zero attached hydrogens (tertiary/aromatic N) is 1. The highest BCUT2D eigenvalue weighted by molar-refractivity contribution is 6.30. The standard InChI is InChI=1S/C15H20ClNO3/c1-3-17(12-5-6-12)15(19)9-20-14-7-4-11(16)8-13(14)10(2)18/h4,7-8,10,12,18H,3,5-6,9H2,1-2H3/t10-/m0/s1. The maximum absolute atomic E-state index is 12.1. The van der Waals surface area contributed by atoms with E-state index in [-0.39, 0.29) is 12.5 Å². The number of likely N-dealkylation sites (N-methyl/N-ethyl adjacent to an activating group) is 1. The van der Waals surface area contributed by atoms with Crippen LogP contribution in [0.2, 0.25) is 5.02 Å². The first kappa shape index (κ1) is 15.1. The first-order valence-corrected chi connectivity index (χ1v) is 7.30. The quantitative estimate of drug-likeness (QED) is 0.878. The van der Waals surface area contributed by atoms with Crippen molar-refractivity contribution in [3.05, 3.63) is 28.8 Å². The normalized spacial score (nSPS) is 15.8. The summed E-state index contributed by atoms with van der Waals surface area (Å²) < 4.78 is 5.57. The highest BCUT2D eigenvalue weighted by Gasteiger charge is 2.31. The number of carbonyl (C=O) groups is 1. The van der Waals surface area contributed by atoms with E-state index in [2.05, 4.69) is 0 Å². The van der Waals surface area contributed by atoms with Crippen LogP contribution in [0.25, 0.3) is 0 Å². The zero-order valence-corrected chi connectivity index (χ0v) is 12.6. The number of aliphatic hydroxyl groups excluding tert-OH is 1. The molecule has 0 spiro atoms. The van der Waals surface area contributed by atoms with Gasteiger partial charge in [0.25, 0.3) is 5.91 Å². The molecule has 1 saturated carbocycles. The van der Waals surface area contributed by atoms with Gasteiger partial charge in [-0.15, -0.1) is 0 Å². The molecule has 1 N–H and O–H groups in total. The fraction of sp³-hybridized carbons (Fsp3) is 0.533. The zero-order valence-electron chi connectivity index (χ0n) is 11.8. The van der Waals surface area contributed by atoms with E-state index < -0.39 is 6.10 Å². The molecule has 4 nitrogen and oxygen atoms in total. The molecular formula is C15H20ClNO3. The Morgan fingerprint density at radius 2 is 2.25 bits per heavy atom. The zero-order chi connectivity index (χ0) is 14.7. The predicted octanol–water partition coefficient (Wildman–Crippen LogP) is 2.78. The van der Waals surface area contributed by atoms with Crippen molar-refractivity contribution >= 4 is 17.5 Å². The van der Waals surface area contributed by atoms with Crippen LogP contribution in [0.4, 0.5) is 0 Å². The van der Waals surface area contributed by atoms with E-state index >= 15 is 0 Å². The van der Waals surface area contributed by atoms with Crippen molar-refractivity contribution in [2.24, 2.45) is 0 Å². The van der Waals surface area contributed by atoms with Gasteiger partial charge in [-0.25, -0.2) is 0 Å². The smallest absolute Gasteiger partial charge is 0.260 e. The molecule has 0 unspecified atom stereocenters. The van der Waals surface area contributed by atoms with Crippen LogP contribution in [0.1, 0.15) is 38.4 Å². The van der Waals surface area contributed by atoms with Crippen LogP contribution in [0.15, 0.2) is 18.2 Å². The summed E-state index contributed by atoms with van der Waals surface area (Å²) in [5.41, 5.74) is 0.597. The highest BCUT2D eigenvalue weighted by Crippen LogP contribution is 2.29. The molecule has 20 heavy (non-hydrogen) atoms.